The lowest BCUT2D eigenvalue weighted by atomic mass is 10.1. The van der Waals surface area contributed by atoms with Crippen molar-refractivity contribution in [3.8, 4) is 0 Å². The molecule has 1 aromatic heterocycles. The summed E-state index contributed by atoms with van der Waals surface area (Å²) < 4.78 is 13.2. The van der Waals surface area contributed by atoms with E-state index in [2.05, 4.69) is 10.6 Å². The second-order valence-corrected chi connectivity index (χ2v) is 6.29. The molecule has 0 saturated carbocycles. The fraction of sp³-hybridized carbons (Fsp3) is 0.250. The Morgan fingerprint density at radius 2 is 2.04 bits per heavy atom. The second-order valence-electron chi connectivity index (χ2n) is 5.35. The van der Waals surface area contributed by atoms with Gasteiger partial charge in [0.1, 0.15) is 11.4 Å². The molecular weight excluding hydrogens is 319 g/mol. The largest absolute Gasteiger partial charge is 0.383 e. The number of nitrogens with one attached hydrogen (secondary N) is 2. The molecule has 0 aliphatic rings. The molecule has 0 radical (unpaired) electrons. The van der Waals surface area contributed by atoms with E-state index in [0.29, 0.717) is 10.4 Å². The SMILES string of the molecule is Cc1ccc(F)cc1NC(=O)C(=O)NCC(C)(O)c1cccs1. The maximum Gasteiger partial charge on any atom is 0.313 e. The van der Waals surface area contributed by atoms with Gasteiger partial charge >= 0.3 is 11.8 Å². The number of benzene rings is 1. The Kier molecular flexibility index (Phi) is 5.12. The minimum atomic E-state index is -1.27. The Labute approximate surface area is 137 Å². The van der Waals surface area contributed by atoms with E-state index in [1.165, 1.54) is 23.5 Å². The van der Waals surface area contributed by atoms with Crippen molar-refractivity contribution in [3.63, 3.8) is 0 Å². The maximum atomic E-state index is 13.2. The van der Waals surface area contributed by atoms with Gasteiger partial charge in [0.15, 0.2) is 0 Å². The van der Waals surface area contributed by atoms with Gasteiger partial charge in [-0.1, -0.05) is 12.1 Å². The number of halogens is 1. The van der Waals surface area contributed by atoms with E-state index >= 15 is 0 Å². The Balaban J connectivity index is 1.95. The van der Waals surface area contributed by atoms with E-state index in [1.807, 2.05) is 5.38 Å². The molecule has 3 N–H and O–H groups in total. The van der Waals surface area contributed by atoms with Gasteiger partial charge in [-0.15, -0.1) is 11.3 Å². The highest BCUT2D eigenvalue weighted by Gasteiger charge is 2.26. The summed E-state index contributed by atoms with van der Waals surface area (Å²) in [6, 6.07) is 7.44. The molecule has 0 saturated heterocycles. The maximum absolute atomic E-state index is 13.2. The zero-order chi connectivity index (χ0) is 17.0. The van der Waals surface area contributed by atoms with Gasteiger partial charge in [-0.3, -0.25) is 9.59 Å². The van der Waals surface area contributed by atoms with Gasteiger partial charge in [0.25, 0.3) is 0 Å². The minimum absolute atomic E-state index is 0.109. The second kappa shape index (κ2) is 6.89. The van der Waals surface area contributed by atoms with Crippen molar-refractivity contribution in [1.29, 1.82) is 0 Å². The Bertz CT molecular complexity index is 714. The molecule has 1 aromatic carbocycles. The number of thiophene rings is 1. The lowest BCUT2D eigenvalue weighted by molar-refractivity contribution is -0.136. The number of carbonyl (C=O) groups is 2. The normalized spacial score (nSPS) is 13.2. The summed E-state index contributed by atoms with van der Waals surface area (Å²) in [7, 11) is 0. The molecule has 1 unspecified atom stereocenters. The van der Waals surface area contributed by atoms with Crippen molar-refractivity contribution in [2.24, 2.45) is 0 Å². The molecule has 0 fully saturated rings. The van der Waals surface area contributed by atoms with Gasteiger partial charge < -0.3 is 15.7 Å². The Hall–Kier alpha value is -2.25. The number of aryl methyl sites for hydroxylation is 1. The van der Waals surface area contributed by atoms with Crippen LogP contribution in [0.4, 0.5) is 10.1 Å². The van der Waals surface area contributed by atoms with Crippen LogP contribution < -0.4 is 10.6 Å². The average Bonchev–Trinajstić information content (AvgIpc) is 3.03. The highest BCUT2D eigenvalue weighted by Crippen LogP contribution is 2.24. The smallest absolute Gasteiger partial charge is 0.313 e. The van der Waals surface area contributed by atoms with E-state index < -0.39 is 23.2 Å². The zero-order valence-corrected chi connectivity index (χ0v) is 13.5. The van der Waals surface area contributed by atoms with Crippen molar-refractivity contribution in [2.75, 3.05) is 11.9 Å². The van der Waals surface area contributed by atoms with Crippen LogP contribution in [0.5, 0.6) is 0 Å². The first-order valence-corrected chi connectivity index (χ1v) is 7.79. The highest BCUT2D eigenvalue weighted by molar-refractivity contribution is 7.10. The fourth-order valence-corrected chi connectivity index (χ4v) is 2.70. The van der Waals surface area contributed by atoms with Gasteiger partial charge in [-0.05, 0) is 43.0 Å². The molecule has 5 nitrogen and oxygen atoms in total. The quantitative estimate of drug-likeness (QED) is 0.749. The van der Waals surface area contributed by atoms with E-state index in [0.717, 1.165) is 6.07 Å². The molecule has 2 amide bonds. The van der Waals surface area contributed by atoms with Crippen LogP contribution in [-0.4, -0.2) is 23.5 Å². The van der Waals surface area contributed by atoms with Crippen LogP contribution >= 0.6 is 11.3 Å². The van der Waals surface area contributed by atoms with Crippen molar-refractivity contribution in [3.05, 3.63) is 52.0 Å². The first-order chi connectivity index (χ1) is 10.8. The molecule has 122 valence electrons. The third-order valence-corrected chi connectivity index (χ3v) is 4.42. The van der Waals surface area contributed by atoms with Crippen molar-refractivity contribution >= 4 is 28.8 Å². The monoisotopic (exact) mass is 336 g/mol. The van der Waals surface area contributed by atoms with Crippen LogP contribution in [0.2, 0.25) is 0 Å². The number of aliphatic hydroxyl groups is 1. The summed E-state index contributed by atoms with van der Waals surface area (Å²) >= 11 is 1.35. The van der Waals surface area contributed by atoms with Crippen LogP contribution in [0.3, 0.4) is 0 Å². The van der Waals surface area contributed by atoms with E-state index in [4.69, 9.17) is 0 Å². The van der Waals surface area contributed by atoms with Gasteiger partial charge in [-0.2, -0.15) is 0 Å². The number of anilines is 1. The summed E-state index contributed by atoms with van der Waals surface area (Å²) in [6.07, 6.45) is 0. The highest BCUT2D eigenvalue weighted by atomic mass is 32.1. The summed E-state index contributed by atoms with van der Waals surface area (Å²) in [5.41, 5.74) is -0.396. The Morgan fingerprint density at radius 3 is 2.70 bits per heavy atom. The summed E-state index contributed by atoms with van der Waals surface area (Å²) in [4.78, 5) is 24.4. The third-order valence-electron chi connectivity index (χ3n) is 3.30. The van der Waals surface area contributed by atoms with Crippen LogP contribution in [0.25, 0.3) is 0 Å². The van der Waals surface area contributed by atoms with Gasteiger partial charge in [0.2, 0.25) is 0 Å². The van der Waals surface area contributed by atoms with E-state index in [9.17, 15) is 19.1 Å². The molecule has 2 aromatic rings. The third kappa shape index (κ3) is 4.37. The molecule has 7 heteroatoms. The van der Waals surface area contributed by atoms with Crippen molar-refractivity contribution in [2.45, 2.75) is 19.4 Å². The summed E-state index contributed by atoms with van der Waals surface area (Å²) in [6.45, 7) is 3.13. The topological polar surface area (TPSA) is 78.4 Å². The molecule has 0 aliphatic carbocycles. The van der Waals surface area contributed by atoms with Gasteiger partial charge in [0.05, 0.1) is 6.54 Å². The average molecular weight is 336 g/mol. The number of hydrogen-bond acceptors (Lipinski definition) is 4. The standard InChI is InChI=1S/C16H17FN2O3S/c1-10-5-6-11(17)8-12(10)19-15(21)14(20)18-9-16(2,22)13-4-3-7-23-13/h3-8,22H,9H2,1-2H3,(H,18,20)(H,19,21). The number of amides is 2. The first kappa shape index (κ1) is 17.1. The van der Waals surface area contributed by atoms with Crippen LogP contribution in [0.1, 0.15) is 17.4 Å². The van der Waals surface area contributed by atoms with Crippen LogP contribution in [-0.2, 0) is 15.2 Å². The van der Waals surface area contributed by atoms with Crippen LogP contribution in [0.15, 0.2) is 35.7 Å². The predicted molar refractivity (Wildman–Crippen MR) is 86.7 cm³/mol. The number of rotatable bonds is 4. The Morgan fingerprint density at radius 1 is 1.30 bits per heavy atom. The molecule has 1 heterocycles. The number of hydrogen-bond donors (Lipinski definition) is 3. The van der Waals surface area contributed by atoms with Crippen LogP contribution in [0, 0.1) is 12.7 Å². The minimum Gasteiger partial charge on any atom is -0.383 e. The summed E-state index contributed by atoms with van der Waals surface area (Å²) in [5, 5.41) is 16.8. The zero-order valence-electron chi connectivity index (χ0n) is 12.7. The molecule has 1 atom stereocenters. The molecule has 0 aliphatic heterocycles. The predicted octanol–water partition coefficient (Wildman–Crippen LogP) is 2.16. The van der Waals surface area contributed by atoms with E-state index in [1.54, 1.807) is 26.0 Å². The van der Waals surface area contributed by atoms with Crippen molar-refractivity contribution in [1.82, 2.24) is 5.32 Å². The molecule has 0 bridgehead atoms. The lowest BCUT2D eigenvalue weighted by Crippen LogP contribution is -2.43. The summed E-state index contributed by atoms with van der Waals surface area (Å²) in [5.74, 6) is -2.32. The van der Waals surface area contributed by atoms with Crippen molar-refractivity contribution < 1.29 is 19.1 Å². The van der Waals surface area contributed by atoms with Gasteiger partial charge in [-0.25, -0.2) is 4.39 Å². The first-order valence-electron chi connectivity index (χ1n) is 6.91. The fourth-order valence-electron chi connectivity index (χ4n) is 1.91. The van der Waals surface area contributed by atoms with Gasteiger partial charge in [0, 0.05) is 10.6 Å². The molecule has 23 heavy (non-hydrogen) atoms. The molecule has 0 spiro atoms. The molecular formula is C16H17FN2O3S. The number of carbonyl (C=O) groups excluding carboxylic acids is 2. The molecule has 2 rings (SSSR count). The van der Waals surface area contributed by atoms with E-state index in [-0.39, 0.29) is 12.2 Å². The lowest BCUT2D eigenvalue weighted by Gasteiger charge is -2.22.